The zero-order chi connectivity index (χ0) is 13.0. The molecule has 0 radical (unpaired) electrons. The molecule has 2 aromatic rings. The van der Waals surface area contributed by atoms with E-state index in [4.69, 9.17) is 4.74 Å². The van der Waals surface area contributed by atoms with Gasteiger partial charge in [0.1, 0.15) is 6.10 Å². The van der Waals surface area contributed by atoms with Gasteiger partial charge in [-0.1, -0.05) is 6.92 Å². The van der Waals surface area contributed by atoms with E-state index in [1.54, 1.807) is 29.3 Å². The minimum Gasteiger partial charge on any atom is -0.467 e. The standard InChI is InChI=1S/C12H16N4O2/c1-3-6-16-10(4-5-15-16)11(17)9-7-13-12(18-2)14-8-9/h4-5,7-8,11,17H,3,6H2,1-2H3. The zero-order valence-electron chi connectivity index (χ0n) is 10.4. The molecule has 6 nitrogen and oxygen atoms in total. The number of rotatable bonds is 5. The van der Waals surface area contributed by atoms with Crippen LogP contribution < -0.4 is 4.74 Å². The number of ether oxygens (including phenoxy) is 1. The molecule has 1 unspecified atom stereocenters. The predicted octanol–water partition coefficient (Wildman–Crippen LogP) is 1.17. The molecule has 1 N–H and O–H groups in total. The Labute approximate surface area is 105 Å². The summed E-state index contributed by atoms with van der Waals surface area (Å²) in [5.41, 5.74) is 1.36. The molecule has 0 saturated heterocycles. The van der Waals surface area contributed by atoms with Crippen molar-refractivity contribution in [2.75, 3.05) is 7.11 Å². The third-order valence-corrected chi connectivity index (χ3v) is 2.61. The highest BCUT2D eigenvalue weighted by Crippen LogP contribution is 2.21. The molecule has 2 aromatic heterocycles. The summed E-state index contributed by atoms with van der Waals surface area (Å²) in [6, 6.07) is 2.08. The van der Waals surface area contributed by atoms with Gasteiger partial charge in [0.05, 0.1) is 12.8 Å². The van der Waals surface area contributed by atoms with Crippen molar-refractivity contribution in [3.8, 4) is 6.01 Å². The maximum Gasteiger partial charge on any atom is 0.316 e. The molecule has 0 aromatic carbocycles. The molecule has 0 spiro atoms. The van der Waals surface area contributed by atoms with Crippen molar-refractivity contribution in [3.63, 3.8) is 0 Å². The molecule has 6 heteroatoms. The highest BCUT2D eigenvalue weighted by molar-refractivity contribution is 5.21. The first-order valence-electron chi connectivity index (χ1n) is 5.82. The number of aliphatic hydroxyl groups is 1. The first-order chi connectivity index (χ1) is 8.76. The minimum absolute atomic E-state index is 0.285. The van der Waals surface area contributed by atoms with E-state index < -0.39 is 6.10 Å². The Balaban J connectivity index is 2.23. The van der Waals surface area contributed by atoms with Gasteiger partial charge in [-0.25, -0.2) is 9.97 Å². The zero-order valence-corrected chi connectivity index (χ0v) is 10.4. The van der Waals surface area contributed by atoms with Gasteiger partial charge in [-0.15, -0.1) is 0 Å². The van der Waals surface area contributed by atoms with Gasteiger partial charge in [0.2, 0.25) is 0 Å². The fourth-order valence-electron chi connectivity index (χ4n) is 1.72. The van der Waals surface area contributed by atoms with E-state index in [1.807, 2.05) is 0 Å². The van der Waals surface area contributed by atoms with Crippen LogP contribution in [0.1, 0.15) is 30.7 Å². The first kappa shape index (κ1) is 12.5. The Morgan fingerprint density at radius 1 is 1.39 bits per heavy atom. The SMILES string of the molecule is CCCn1nccc1C(O)c1cnc(OC)nc1. The molecule has 18 heavy (non-hydrogen) atoms. The lowest BCUT2D eigenvalue weighted by molar-refractivity contribution is 0.206. The van der Waals surface area contributed by atoms with Crippen molar-refractivity contribution in [2.24, 2.45) is 0 Å². The molecule has 0 bridgehead atoms. The van der Waals surface area contributed by atoms with Crippen LogP contribution in [0.3, 0.4) is 0 Å². The van der Waals surface area contributed by atoms with Crippen molar-refractivity contribution in [3.05, 3.63) is 35.9 Å². The van der Waals surface area contributed by atoms with Gasteiger partial charge in [0.25, 0.3) is 0 Å². The van der Waals surface area contributed by atoms with Crippen LogP contribution in [0.2, 0.25) is 0 Å². The molecule has 2 rings (SSSR count). The van der Waals surface area contributed by atoms with E-state index in [9.17, 15) is 5.11 Å². The summed E-state index contributed by atoms with van der Waals surface area (Å²) in [6.07, 6.45) is 4.98. The average Bonchev–Trinajstić information content (AvgIpc) is 2.87. The number of methoxy groups -OCH3 is 1. The van der Waals surface area contributed by atoms with Crippen LogP contribution in [-0.4, -0.2) is 32.0 Å². The number of aryl methyl sites for hydroxylation is 1. The van der Waals surface area contributed by atoms with Gasteiger partial charge in [-0.05, 0) is 12.5 Å². The van der Waals surface area contributed by atoms with Gasteiger partial charge in [-0.3, -0.25) is 4.68 Å². The van der Waals surface area contributed by atoms with E-state index in [1.165, 1.54) is 7.11 Å². The third-order valence-electron chi connectivity index (χ3n) is 2.61. The highest BCUT2D eigenvalue weighted by atomic mass is 16.5. The number of aliphatic hydroxyl groups excluding tert-OH is 1. The van der Waals surface area contributed by atoms with Crippen LogP contribution in [0.5, 0.6) is 6.01 Å². The van der Waals surface area contributed by atoms with Gasteiger partial charge >= 0.3 is 6.01 Å². The Hall–Kier alpha value is -1.95. The molecule has 0 aliphatic rings. The van der Waals surface area contributed by atoms with Crippen molar-refractivity contribution < 1.29 is 9.84 Å². The Kier molecular flexibility index (Phi) is 3.88. The minimum atomic E-state index is -0.773. The van der Waals surface area contributed by atoms with Gasteiger partial charge in [0.15, 0.2) is 0 Å². The monoisotopic (exact) mass is 248 g/mol. The molecule has 1 atom stereocenters. The van der Waals surface area contributed by atoms with Gasteiger partial charge in [0, 0.05) is 30.7 Å². The van der Waals surface area contributed by atoms with Crippen molar-refractivity contribution in [1.82, 2.24) is 19.7 Å². The molecule has 2 heterocycles. The Morgan fingerprint density at radius 3 is 2.72 bits per heavy atom. The van der Waals surface area contributed by atoms with Crippen LogP contribution in [0.25, 0.3) is 0 Å². The number of hydrogen-bond acceptors (Lipinski definition) is 5. The van der Waals surface area contributed by atoms with Crippen LogP contribution in [0, 0.1) is 0 Å². The summed E-state index contributed by atoms with van der Waals surface area (Å²) in [5, 5.41) is 14.4. The molecule has 96 valence electrons. The Bertz CT molecular complexity index is 495. The number of nitrogens with zero attached hydrogens (tertiary/aromatic N) is 4. The summed E-state index contributed by atoms with van der Waals surface area (Å²) < 4.78 is 6.67. The van der Waals surface area contributed by atoms with Crippen LogP contribution in [0.15, 0.2) is 24.7 Å². The van der Waals surface area contributed by atoms with E-state index >= 15 is 0 Å². The van der Waals surface area contributed by atoms with E-state index in [2.05, 4.69) is 22.0 Å². The lowest BCUT2D eigenvalue weighted by atomic mass is 10.1. The molecule has 0 fully saturated rings. The van der Waals surface area contributed by atoms with Crippen LogP contribution >= 0.6 is 0 Å². The molecule has 0 aliphatic carbocycles. The van der Waals surface area contributed by atoms with Crippen molar-refractivity contribution >= 4 is 0 Å². The molecule has 0 amide bonds. The van der Waals surface area contributed by atoms with Gasteiger partial charge < -0.3 is 9.84 Å². The molecule has 0 aliphatic heterocycles. The number of aromatic nitrogens is 4. The first-order valence-corrected chi connectivity index (χ1v) is 5.82. The predicted molar refractivity (Wildman–Crippen MR) is 65.2 cm³/mol. The summed E-state index contributed by atoms with van der Waals surface area (Å²) in [6.45, 7) is 2.84. The topological polar surface area (TPSA) is 73.1 Å². The van der Waals surface area contributed by atoms with E-state index in [0.717, 1.165) is 18.7 Å². The maximum absolute atomic E-state index is 10.3. The summed E-state index contributed by atoms with van der Waals surface area (Å²) in [4.78, 5) is 7.96. The average molecular weight is 248 g/mol. The van der Waals surface area contributed by atoms with Crippen LogP contribution in [-0.2, 0) is 6.54 Å². The Morgan fingerprint density at radius 2 is 2.11 bits per heavy atom. The summed E-state index contributed by atoms with van der Waals surface area (Å²) >= 11 is 0. The maximum atomic E-state index is 10.3. The lowest BCUT2D eigenvalue weighted by Gasteiger charge is -2.12. The second-order valence-corrected chi connectivity index (χ2v) is 3.88. The van der Waals surface area contributed by atoms with E-state index in [0.29, 0.717) is 5.56 Å². The lowest BCUT2D eigenvalue weighted by Crippen LogP contribution is -2.10. The quantitative estimate of drug-likeness (QED) is 0.860. The van der Waals surface area contributed by atoms with Crippen molar-refractivity contribution in [2.45, 2.75) is 26.0 Å². The fourth-order valence-corrected chi connectivity index (χ4v) is 1.72. The molecular formula is C12H16N4O2. The summed E-state index contributed by atoms with van der Waals surface area (Å²) in [7, 11) is 1.50. The van der Waals surface area contributed by atoms with E-state index in [-0.39, 0.29) is 6.01 Å². The van der Waals surface area contributed by atoms with Gasteiger partial charge in [-0.2, -0.15) is 5.10 Å². The normalized spacial score (nSPS) is 12.4. The summed E-state index contributed by atoms with van der Waals surface area (Å²) in [5.74, 6) is 0. The number of hydrogen-bond donors (Lipinski definition) is 1. The molecule has 0 saturated carbocycles. The van der Waals surface area contributed by atoms with Crippen LogP contribution in [0.4, 0.5) is 0 Å². The second-order valence-electron chi connectivity index (χ2n) is 3.88. The largest absolute Gasteiger partial charge is 0.467 e. The molecular weight excluding hydrogens is 232 g/mol. The smallest absolute Gasteiger partial charge is 0.316 e. The fraction of sp³-hybridized carbons (Fsp3) is 0.417. The second kappa shape index (κ2) is 5.59. The third kappa shape index (κ3) is 2.48. The van der Waals surface area contributed by atoms with Crippen molar-refractivity contribution in [1.29, 1.82) is 0 Å². The highest BCUT2D eigenvalue weighted by Gasteiger charge is 2.16.